The number of hydrogen-bond acceptors (Lipinski definition) is 4. The number of nitrogens with zero attached hydrogens (tertiary/aromatic N) is 1. The molecule has 0 fully saturated rings. The molecule has 0 aliphatic rings. The van der Waals surface area contributed by atoms with E-state index in [0.717, 1.165) is 18.5 Å². The van der Waals surface area contributed by atoms with Gasteiger partial charge < -0.3 is 10.4 Å². The molecule has 0 saturated heterocycles. The van der Waals surface area contributed by atoms with Crippen LogP contribution in [-0.2, 0) is 5.41 Å². The molecule has 0 bridgehead atoms. The standard InChI is InChI=1S/C15H28N2OS/c1-10(8-7-9-18)16-11(2)13-12(3)17-14(19-13)15(4,5)6/h10-11,16,18H,7-9H2,1-6H3. The molecule has 0 saturated carbocycles. The first-order valence-electron chi connectivity index (χ1n) is 7.10. The van der Waals surface area contributed by atoms with E-state index in [4.69, 9.17) is 10.1 Å². The van der Waals surface area contributed by atoms with Gasteiger partial charge in [0.2, 0.25) is 0 Å². The van der Waals surface area contributed by atoms with Crippen LogP contribution in [0.1, 0.15) is 69.1 Å². The van der Waals surface area contributed by atoms with E-state index in [-0.39, 0.29) is 12.0 Å². The molecule has 3 nitrogen and oxygen atoms in total. The number of aromatic nitrogens is 1. The SMILES string of the molecule is Cc1nc(C(C)(C)C)sc1C(C)NC(C)CCCO. The molecule has 2 atom stereocenters. The topological polar surface area (TPSA) is 45.2 Å². The van der Waals surface area contributed by atoms with Gasteiger partial charge in [0, 0.05) is 29.0 Å². The zero-order valence-electron chi connectivity index (χ0n) is 13.1. The minimum absolute atomic E-state index is 0.121. The van der Waals surface area contributed by atoms with Crippen LogP contribution in [0.5, 0.6) is 0 Å². The van der Waals surface area contributed by atoms with Crippen molar-refractivity contribution in [2.24, 2.45) is 0 Å². The number of rotatable bonds is 6. The molecule has 1 aromatic heterocycles. The first-order chi connectivity index (χ1) is 8.75. The molecular weight excluding hydrogens is 256 g/mol. The summed E-state index contributed by atoms with van der Waals surface area (Å²) in [6, 6.07) is 0.740. The van der Waals surface area contributed by atoms with Gasteiger partial charge in [-0.2, -0.15) is 0 Å². The van der Waals surface area contributed by atoms with Crippen molar-refractivity contribution in [3.05, 3.63) is 15.6 Å². The summed E-state index contributed by atoms with van der Waals surface area (Å²) in [5, 5.41) is 13.7. The second-order valence-electron chi connectivity index (χ2n) is 6.37. The maximum absolute atomic E-state index is 8.87. The fourth-order valence-corrected chi connectivity index (χ4v) is 3.25. The second kappa shape index (κ2) is 6.82. The van der Waals surface area contributed by atoms with Crippen LogP contribution >= 0.6 is 11.3 Å². The predicted molar refractivity (Wildman–Crippen MR) is 82.9 cm³/mol. The average molecular weight is 284 g/mol. The van der Waals surface area contributed by atoms with Crippen molar-refractivity contribution >= 4 is 11.3 Å². The number of aliphatic hydroxyl groups is 1. The molecule has 1 aromatic rings. The number of hydrogen-bond donors (Lipinski definition) is 2. The van der Waals surface area contributed by atoms with E-state index in [0.29, 0.717) is 12.1 Å². The van der Waals surface area contributed by atoms with Crippen molar-refractivity contribution in [3.8, 4) is 0 Å². The van der Waals surface area contributed by atoms with Gasteiger partial charge in [0.1, 0.15) is 0 Å². The molecule has 2 unspecified atom stereocenters. The van der Waals surface area contributed by atoms with Crippen LogP contribution in [0.2, 0.25) is 0 Å². The van der Waals surface area contributed by atoms with E-state index in [1.54, 1.807) is 0 Å². The number of thiazole rings is 1. The summed E-state index contributed by atoms with van der Waals surface area (Å²) in [6.07, 6.45) is 1.86. The molecule has 4 heteroatoms. The molecule has 110 valence electrons. The second-order valence-corrected chi connectivity index (χ2v) is 7.40. The van der Waals surface area contributed by atoms with Gasteiger partial charge in [0.05, 0.1) is 10.7 Å². The van der Waals surface area contributed by atoms with Crippen molar-refractivity contribution in [3.63, 3.8) is 0 Å². The maximum Gasteiger partial charge on any atom is 0.0985 e. The zero-order chi connectivity index (χ0) is 14.6. The molecular formula is C15H28N2OS. The van der Waals surface area contributed by atoms with Gasteiger partial charge in [-0.05, 0) is 33.6 Å². The fourth-order valence-electron chi connectivity index (χ4n) is 2.11. The number of aryl methyl sites for hydroxylation is 1. The Hall–Kier alpha value is -0.450. The molecule has 0 radical (unpaired) electrons. The summed E-state index contributed by atoms with van der Waals surface area (Å²) >= 11 is 1.82. The monoisotopic (exact) mass is 284 g/mol. The van der Waals surface area contributed by atoms with Gasteiger partial charge in [0.25, 0.3) is 0 Å². The minimum Gasteiger partial charge on any atom is -0.396 e. The summed E-state index contributed by atoms with van der Waals surface area (Å²) in [5.74, 6) is 0. The first-order valence-corrected chi connectivity index (χ1v) is 7.92. The van der Waals surface area contributed by atoms with Gasteiger partial charge >= 0.3 is 0 Å². The molecule has 0 spiro atoms. The van der Waals surface area contributed by atoms with E-state index < -0.39 is 0 Å². The van der Waals surface area contributed by atoms with Crippen molar-refractivity contribution in [1.82, 2.24) is 10.3 Å². The van der Waals surface area contributed by atoms with E-state index in [1.807, 2.05) is 11.3 Å². The van der Waals surface area contributed by atoms with Crippen LogP contribution in [0.25, 0.3) is 0 Å². The highest BCUT2D eigenvalue weighted by Gasteiger charge is 2.22. The van der Waals surface area contributed by atoms with E-state index >= 15 is 0 Å². The Balaban J connectivity index is 2.72. The molecule has 0 aliphatic heterocycles. The lowest BCUT2D eigenvalue weighted by molar-refractivity contribution is 0.274. The Morgan fingerprint density at radius 2 is 1.95 bits per heavy atom. The predicted octanol–water partition coefficient (Wildman–Crippen LogP) is 3.56. The molecule has 19 heavy (non-hydrogen) atoms. The normalized spacial score (nSPS) is 15.5. The Bertz CT molecular complexity index is 395. The third kappa shape index (κ3) is 4.86. The molecule has 1 heterocycles. The highest BCUT2D eigenvalue weighted by atomic mass is 32.1. The third-order valence-electron chi connectivity index (χ3n) is 3.20. The number of nitrogens with one attached hydrogen (secondary N) is 1. The van der Waals surface area contributed by atoms with Gasteiger partial charge in [-0.3, -0.25) is 0 Å². The van der Waals surface area contributed by atoms with Crippen molar-refractivity contribution in [1.29, 1.82) is 0 Å². The van der Waals surface area contributed by atoms with Crippen LogP contribution < -0.4 is 5.32 Å². The summed E-state index contributed by atoms with van der Waals surface area (Å²) in [6.45, 7) is 13.4. The fraction of sp³-hybridized carbons (Fsp3) is 0.800. The van der Waals surface area contributed by atoms with Crippen molar-refractivity contribution < 1.29 is 5.11 Å². The van der Waals surface area contributed by atoms with Crippen LogP contribution in [-0.4, -0.2) is 22.7 Å². The van der Waals surface area contributed by atoms with E-state index in [1.165, 1.54) is 9.88 Å². The quantitative estimate of drug-likeness (QED) is 0.839. The Morgan fingerprint density at radius 1 is 1.32 bits per heavy atom. The molecule has 2 N–H and O–H groups in total. The Morgan fingerprint density at radius 3 is 2.42 bits per heavy atom. The van der Waals surface area contributed by atoms with Crippen LogP contribution in [0.4, 0.5) is 0 Å². The number of aliphatic hydroxyl groups excluding tert-OH is 1. The van der Waals surface area contributed by atoms with Crippen molar-refractivity contribution in [2.45, 2.75) is 71.9 Å². The van der Waals surface area contributed by atoms with Gasteiger partial charge in [0.15, 0.2) is 0 Å². The smallest absolute Gasteiger partial charge is 0.0985 e. The summed E-state index contributed by atoms with van der Waals surface area (Å²) in [5.41, 5.74) is 1.26. The lowest BCUT2D eigenvalue weighted by atomic mass is 9.98. The van der Waals surface area contributed by atoms with Gasteiger partial charge in [-0.15, -0.1) is 11.3 Å². The lowest BCUT2D eigenvalue weighted by Crippen LogP contribution is -2.29. The van der Waals surface area contributed by atoms with Crippen LogP contribution in [0.3, 0.4) is 0 Å². The van der Waals surface area contributed by atoms with E-state index in [9.17, 15) is 0 Å². The van der Waals surface area contributed by atoms with Crippen LogP contribution in [0, 0.1) is 6.92 Å². The summed E-state index contributed by atoms with van der Waals surface area (Å²) in [4.78, 5) is 6.04. The molecule has 0 aliphatic carbocycles. The summed E-state index contributed by atoms with van der Waals surface area (Å²) < 4.78 is 0. The Kier molecular flexibility index (Phi) is 5.96. The average Bonchev–Trinajstić information content (AvgIpc) is 2.68. The maximum atomic E-state index is 8.87. The van der Waals surface area contributed by atoms with Crippen molar-refractivity contribution in [2.75, 3.05) is 6.61 Å². The zero-order valence-corrected chi connectivity index (χ0v) is 13.9. The first kappa shape index (κ1) is 16.6. The minimum atomic E-state index is 0.121. The highest BCUT2D eigenvalue weighted by molar-refractivity contribution is 7.12. The third-order valence-corrected chi connectivity index (χ3v) is 4.96. The van der Waals surface area contributed by atoms with Gasteiger partial charge in [-0.25, -0.2) is 4.98 Å². The van der Waals surface area contributed by atoms with Crippen LogP contribution in [0.15, 0.2) is 0 Å². The highest BCUT2D eigenvalue weighted by Crippen LogP contribution is 2.32. The van der Waals surface area contributed by atoms with Gasteiger partial charge in [-0.1, -0.05) is 20.8 Å². The summed E-state index contributed by atoms with van der Waals surface area (Å²) in [7, 11) is 0. The molecule has 0 amide bonds. The largest absolute Gasteiger partial charge is 0.396 e. The Labute approximate surface area is 121 Å². The molecule has 1 rings (SSSR count). The lowest BCUT2D eigenvalue weighted by Gasteiger charge is -2.19. The molecule has 0 aromatic carbocycles. The van der Waals surface area contributed by atoms with E-state index in [2.05, 4.69) is 46.9 Å².